The number of nitrogens with zero attached hydrogens (tertiary/aromatic N) is 2. The Balaban J connectivity index is 0.00000180. The molecule has 6 heteroatoms. The number of ether oxygens (including phenoxy) is 1. The smallest absolute Gasteiger partial charge is 0.160 e. The van der Waals surface area contributed by atoms with Gasteiger partial charge in [-0.1, -0.05) is 6.07 Å². The van der Waals surface area contributed by atoms with E-state index in [0.29, 0.717) is 12.3 Å². The summed E-state index contributed by atoms with van der Waals surface area (Å²) in [6.07, 6.45) is 3.75. The number of halogens is 1. The van der Waals surface area contributed by atoms with Crippen LogP contribution in [0.3, 0.4) is 0 Å². The van der Waals surface area contributed by atoms with Crippen molar-refractivity contribution in [2.45, 2.75) is 20.0 Å². The standard InChI is InChI=1S/C13H17N3O2.ClH/c1-3-16-9-11(8-15-16)14-7-10-4-5-12(17)13(6-10)18-2;/h4-6,8-9,14,17H,3,7H2,1-2H3;1H. The van der Waals surface area contributed by atoms with Crippen LogP contribution in [0.4, 0.5) is 5.69 Å². The molecule has 2 aromatic rings. The lowest BCUT2D eigenvalue weighted by atomic mass is 10.2. The first-order valence-corrected chi connectivity index (χ1v) is 5.85. The number of nitrogens with one attached hydrogen (secondary N) is 1. The van der Waals surface area contributed by atoms with Crippen molar-refractivity contribution in [3.63, 3.8) is 0 Å². The van der Waals surface area contributed by atoms with Crippen LogP contribution in [0, 0.1) is 0 Å². The number of hydrogen-bond donors (Lipinski definition) is 2. The normalized spacial score (nSPS) is 9.79. The third-order valence-electron chi connectivity index (χ3n) is 2.70. The van der Waals surface area contributed by atoms with Crippen LogP contribution in [0.15, 0.2) is 30.6 Å². The molecule has 0 amide bonds. The molecule has 1 aromatic heterocycles. The monoisotopic (exact) mass is 283 g/mol. The van der Waals surface area contributed by atoms with E-state index in [1.807, 2.05) is 29.9 Å². The second-order valence-corrected chi connectivity index (χ2v) is 3.94. The fourth-order valence-electron chi connectivity index (χ4n) is 1.66. The van der Waals surface area contributed by atoms with E-state index in [0.717, 1.165) is 17.8 Å². The van der Waals surface area contributed by atoms with Crippen LogP contribution in [0.2, 0.25) is 0 Å². The van der Waals surface area contributed by atoms with Gasteiger partial charge in [0.15, 0.2) is 11.5 Å². The lowest BCUT2D eigenvalue weighted by Gasteiger charge is -2.07. The summed E-state index contributed by atoms with van der Waals surface area (Å²) in [5.74, 6) is 0.638. The van der Waals surface area contributed by atoms with Crippen molar-refractivity contribution in [2.24, 2.45) is 0 Å². The van der Waals surface area contributed by atoms with Gasteiger partial charge in [0.05, 0.1) is 19.0 Å². The maximum atomic E-state index is 9.50. The van der Waals surface area contributed by atoms with Gasteiger partial charge in [0, 0.05) is 19.3 Å². The van der Waals surface area contributed by atoms with Gasteiger partial charge in [0.25, 0.3) is 0 Å². The van der Waals surface area contributed by atoms with Gasteiger partial charge in [0.2, 0.25) is 0 Å². The fourth-order valence-corrected chi connectivity index (χ4v) is 1.66. The molecule has 0 saturated carbocycles. The molecule has 0 atom stereocenters. The zero-order valence-electron chi connectivity index (χ0n) is 11.0. The molecular formula is C13H18ClN3O2. The minimum absolute atomic E-state index is 0. The molecule has 1 heterocycles. The fraction of sp³-hybridized carbons (Fsp3) is 0.308. The van der Waals surface area contributed by atoms with E-state index in [2.05, 4.69) is 10.4 Å². The molecule has 0 aliphatic rings. The molecule has 0 radical (unpaired) electrons. The van der Waals surface area contributed by atoms with Crippen LogP contribution in [-0.2, 0) is 13.1 Å². The maximum Gasteiger partial charge on any atom is 0.160 e. The van der Waals surface area contributed by atoms with E-state index in [1.54, 1.807) is 12.3 Å². The van der Waals surface area contributed by atoms with Crippen molar-refractivity contribution in [2.75, 3.05) is 12.4 Å². The third-order valence-corrected chi connectivity index (χ3v) is 2.70. The average molecular weight is 284 g/mol. The van der Waals surface area contributed by atoms with E-state index >= 15 is 0 Å². The van der Waals surface area contributed by atoms with Gasteiger partial charge in [-0.25, -0.2) is 0 Å². The molecule has 0 aliphatic heterocycles. The van der Waals surface area contributed by atoms with Gasteiger partial charge >= 0.3 is 0 Å². The number of phenolic OH excluding ortho intramolecular Hbond substituents is 1. The highest BCUT2D eigenvalue weighted by atomic mass is 35.5. The molecule has 0 aliphatic carbocycles. The summed E-state index contributed by atoms with van der Waals surface area (Å²) in [4.78, 5) is 0. The van der Waals surface area contributed by atoms with Crippen LogP contribution in [0.1, 0.15) is 12.5 Å². The summed E-state index contributed by atoms with van der Waals surface area (Å²) in [6.45, 7) is 3.56. The largest absolute Gasteiger partial charge is 0.504 e. The first-order valence-electron chi connectivity index (χ1n) is 5.85. The van der Waals surface area contributed by atoms with Gasteiger partial charge in [-0.15, -0.1) is 12.4 Å². The summed E-state index contributed by atoms with van der Waals surface area (Å²) in [5.41, 5.74) is 2.01. The Hall–Kier alpha value is -1.88. The van der Waals surface area contributed by atoms with E-state index < -0.39 is 0 Å². The van der Waals surface area contributed by atoms with Crippen molar-refractivity contribution in [1.29, 1.82) is 0 Å². The summed E-state index contributed by atoms with van der Waals surface area (Å²) >= 11 is 0. The number of aromatic hydroxyl groups is 1. The van der Waals surface area contributed by atoms with Crippen LogP contribution >= 0.6 is 12.4 Å². The zero-order chi connectivity index (χ0) is 13.0. The molecule has 0 unspecified atom stereocenters. The molecule has 2 rings (SSSR count). The zero-order valence-corrected chi connectivity index (χ0v) is 11.8. The molecule has 104 valence electrons. The predicted octanol–water partition coefficient (Wildman–Crippen LogP) is 2.65. The number of phenols is 1. The van der Waals surface area contributed by atoms with Crippen molar-refractivity contribution >= 4 is 18.1 Å². The van der Waals surface area contributed by atoms with E-state index in [1.165, 1.54) is 7.11 Å². The number of methoxy groups -OCH3 is 1. The minimum atomic E-state index is 0. The second-order valence-electron chi connectivity index (χ2n) is 3.94. The van der Waals surface area contributed by atoms with Crippen LogP contribution in [0.5, 0.6) is 11.5 Å². The summed E-state index contributed by atoms with van der Waals surface area (Å²) < 4.78 is 6.93. The van der Waals surface area contributed by atoms with E-state index in [9.17, 15) is 5.11 Å². The lowest BCUT2D eigenvalue weighted by molar-refractivity contribution is 0.373. The number of benzene rings is 1. The minimum Gasteiger partial charge on any atom is -0.504 e. The predicted molar refractivity (Wildman–Crippen MR) is 77.1 cm³/mol. The SMILES string of the molecule is CCn1cc(NCc2ccc(O)c(OC)c2)cn1.Cl. The molecule has 19 heavy (non-hydrogen) atoms. The summed E-state index contributed by atoms with van der Waals surface area (Å²) in [6, 6.07) is 5.30. The molecule has 5 nitrogen and oxygen atoms in total. The second kappa shape index (κ2) is 6.89. The molecular weight excluding hydrogens is 266 g/mol. The number of rotatable bonds is 5. The molecule has 0 fully saturated rings. The van der Waals surface area contributed by atoms with Crippen LogP contribution < -0.4 is 10.1 Å². The topological polar surface area (TPSA) is 59.3 Å². The Kier molecular flexibility index (Phi) is 5.51. The third kappa shape index (κ3) is 3.79. The highest BCUT2D eigenvalue weighted by molar-refractivity contribution is 5.85. The van der Waals surface area contributed by atoms with Crippen LogP contribution in [0.25, 0.3) is 0 Å². The molecule has 0 spiro atoms. The van der Waals surface area contributed by atoms with Crippen molar-refractivity contribution in [1.82, 2.24) is 9.78 Å². The first kappa shape index (κ1) is 15.2. The van der Waals surface area contributed by atoms with Gasteiger partial charge in [-0.2, -0.15) is 5.10 Å². The van der Waals surface area contributed by atoms with Crippen LogP contribution in [-0.4, -0.2) is 22.0 Å². The Bertz CT molecular complexity index is 528. The van der Waals surface area contributed by atoms with E-state index in [4.69, 9.17) is 4.74 Å². The number of aryl methyl sites for hydroxylation is 1. The van der Waals surface area contributed by atoms with Gasteiger partial charge < -0.3 is 15.2 Å². The summed E-state index contributed by atoms with van der Waals surface area (Å²) in [7, 11) is 1.54. The Morgan fingerprint density at radius 2 is 2.21 bits per heavy atom. The number of aromatic nitrogens is 2. The van der Waals surface area contributed by atoms with Gasteiger partial charge in [-0.3, -0.25) is 4.68 Å². The van der Waals surface area contributed by atoms with Crippen molar-refractivity contribution in [3.8, 4) is 11.5 Å². The summed E-state index contributed by atoms with van der Waals surface area (Å²) in [5, 5.41) is 16.9. The average Bonchev–Trinajstić information content (AvgIpc) is 2.86. The van der Waals surface area contributed by atoms with E-state index in [-0.39, 0.29) is 18.2 Å². The molecule has 1 aromatic carbocycles. The number of anilines is 1. The highest BCUT2D eigenvalue weighted by Gasteiger charge is 2.03. The highest BCUT2D eigenvalue weighted by Crippen LogP contribution is 2.26. The van der Waals surface area contributed by atoms with Gasteiger partial charge in [0.1, 0.15) is 0 Å². The Morgan fingerprint density at radius 3 is 2.84 bits per heavy atom. The molecule has 2 N–H and O–H groups in total. The Morgan fingerprint density at radius 1 is 1.42 bits per heavy atom. The van der Waals surface area contributed by atoms with Crippen molar-refractivity contribution in [3.05, 3.63) is 36.2 Å². The van der Waals surface area contributed by atoms with Gasteiger partial charge in [-0.05, 0) is 24.6 Å². The first-order chi connectivity index (χ1) is 8.72. The maximum absolute atomic E-state index is 9.50. The molecule has 0 bridgehead atoms. The quantitative estimate of drug-likeness (QED) is 0.886. The lowest BCUT2D eigenvalue weighted by Crippen LogP contribution is -1.99. The molecule has 0 saturated heterocycles. The Labute approximate surface area is 118 Å². The number of hydrogen-bond acceptors (Lipinski definition) is 4. The van der Waals surface area contributed by atoms with Crippen molar-refractivity contribution < 1.29 is 9.84 Å².